The zero-order valence-corrected chi connectivity index (χ0v) is 11.8. The summed E-state index contributed by atoms with van der Waals surface area (Å²) in [6.45, 7) is 5.70. The van der Waals surface area contributed by atoms with Gasteiger partial charge in [-0.1, -0.05) is 18.6 Å². The van der Waals surface area contributed by atoms with E-state index in [-0.39, 0.29) is 0 Å². The third kappa shape index (κ3) is 3.57. The molecule has 0 aromatic heterocycles. The number of carboxylic acids is 1. The molecular formula is C16H23NO2. The molecule has 104 valence electrons. The van der Waals surface area contributed by atoms with Gasteiger partial charge in [0.1, 0.15) is 0 Å². The van der Waals surface area contributed by atoms with Crippen molar-refractivity contribution in [1.82, 2.24) is 4.90 Å². The fourth-order valence-electron chi connectivity index (χ4n) is 2.98. The van der Waals surface area contributed by atoms with Gasteiger partial charge in [-0.25, -0.2) is 4.79 Å². The second-order valence-electron chi connectivity index (χ2n) is 5.69. The Morgan fingerprint density at radius 3 is 2.58 bits per heavy atom. The summed E-state index contributed by atoms with van der Waals surface area (Å²) in [4.78, 5) is 13.4. The van der Waals surface area contributed by atoms with Gasteiger partial charge in [0.25, 0.3) is 0 Å². The van der Waals surface area contributed by atoms with Crippen LogP contribution in [-0.2, 0) is 6.42 Å². The number of hydrogen-bond donors (Lipinski definition) is 1. The van der Waals surface area contributed by atoms with E-state index in [9.17, 15) is 4.79 Å². The fourth-order valence-corrected chi connectivity index (χ4v) is 2.98. The Morgan fingerprint density at radius 2 is 2.00 bits per heavy atom. The fraction of sp³-hybridized carbons (Fsp3) is 0.562. The molecular weight excluding hydrogens is 238 g/mol. The summed E-state index contributed by atoms with van der Waals surface area (Å²) < 4.78 is 0. The van der Waals surface area contributed by atoms with E-state index in [0.717, 1.165) is 6.42 Å². The molecule has 1 aliphatic rings. The maximum atomic E-state index is 10.8. The molecule has 1 N–H and O–H groups in total. The molecule has 0 amide bonds. The minimum atomic E-state index is -0.854. The van der Waals surface area contributed by atoms with Crippen LogP contribution in [0.3, 0.4) is 0 Å². The predicted octanol–water partition coefficient (Wildman–Crippen LogP) is 3.19. The van der Waals surface area contributed by atoms with Crippen LogP contribution in [0.25, 0.3) is 0 Å². The Kier molecular flexibility index (Phi) is 4.59. The number of carboxylic acid groups (broad SMARTS) is 1. The first-order valence-corrected chi connectivity index (χ1v) is 7.16. The molecule has 19 heavy (non-hydrogen) atoms. The van der Waals surface area contributed by atoms with Crippen LogP contribution in [0.1, 0.15) is 49.0 Å². The minimum absolute atomic E-state index is 0.369. The highest BCUT2D eigenvalue weighted by molar-refractivity contribution is 5.87. The van der Waals surface area contributed by atoms with Crippen molar-refractivity contribution in [3.63, 3.8) is 0 Å². The monoisotopic (exact) mass is 261 g/mol. The summed E-state index contributed by atoms with van der Waals surface area (Å²) in [5.41, 5.74) is 1.61. The maximum Gasteiger partial charge on any atom is 0.335 e. The van der Waals surface area contributed by atoms with E-state index in [0.29, 0.717) is 17.6 Å². The second-order valence-corrected chi connectivity index (χ2v) is 5.69. The lowest BCUT2D eigenvalue weighted by Crippen LogP contribution is -2.44. The Balaban J connectivity index is 2.04. The van der Waals surface area contributed by atoms with Crippen LogP contribution in [0.5, 0.6) is 0 Å². The summed E-state index contributed by atoms with van der Waals surface area (Å²) in [6, 6.07) is 8.51. The van der Waals surface area contributed by atoms with Gasteiger partial charge in [0.05, 0.1) is 5.56 Å². The van der Waals surface area contributed by atoms with Crippen LogP contribution >= 0.6 is 0 Å². The van der Waals surface area contributed by atoms with Crippen LogP contribution in [0.2, 0.25) is 0 Å². The lowest BCUT2D eigenvalue weighted by atomic mass is 9.94. The van der Waals surface area contributed by atoms with Crippen molar-refractivity contribution >= 4 is 5.97 Å². The van der Waals surface area contributed by atoms with Crippen LogP contribution in [0.4, 0.5) is 0 Å². The number of carbonyl (C=O) groups is 1. The number of likely N-dealkylation sites (tertiary alicyclic amines) is 1. The number of rotatable bonds is 4. The number of nitrogens with zero attached hydrogens (tertiary/aromatic N) is 1. The van der Waals surface area contributed by atoms with Crippen molar-refractivity contribution in [1.29, 1.82) is 0 Å². The zero-order valence-electron chi connectivity index (χ0n) is 11.8. The molecule has 0 aliphatic carbocycles. The Labute approximate surface area is 115 Å². The molecule has 1 heterocycles. The highest BCUT2D eigenvalue weighted by Gasteiger charge is 2.24. The highest BCUT2D eigenvalue weighted by Crippen LogP contribution is 2.22. The molecule has 1 atom stereocenters. The first-order valence-electron chi connectivity index (χ1n) is 7.16. The van der Waals surface area contributed by atoms with Crippen molar-refractivity contribution in [2.45, 2.75) is 51.6 Å². The first-order chi connectivity index (χ1) is 9.08. The van der Waals surface area contributed by atoms with E-state index in [4.69, 9.17) is 5.11 Å². The first kappa shape index (κ1) is 14.1. The molecule has 1 aromatic rings. The van der Waals surface area contributed by atoms with Crippen LogP contribution in [0.15, 0.2) is 24.3 Å². The predicted molar refractivity (Wildman–Crippen MR) is 76.6 cm³/mol. The van der Waals surface area contributed by atoms with Gasteiger partial charge in [-0.2, -0.15) is 0 Å². The number of benzene rings is 1. The Morgan fingerprint density at radius 1 is 1.32 bits per heavy atom. The lowest BCUT2D eigenvalue weighted by Gasteiger charge is -2.38. The molecule has 1 aromatic carbocycles. The smallest absolute Gasteiger partial charge is 0.335 e. The molecule has 3 heteroatoms. The standard InChI is InChI=1S/C16H23NO2/c1-12(2)17-10-4-3-5-15(17)11-13-6-8-14(9-7-13)16(18)19/h6-9,12,15H,3-5,10-11H2,1-2H3,(H,18,19). The molecule has 0 bridgehead atoms. The van der Waals surface area contributed by atoms with E-state index < -0.39 is 5.97 Å². The number of piperidine rings is 1. The second kappa shape index (κ2) is 6.20. The van der Waals surface area contributed by atoms with Gasteiger partial charge in [0.2, 0.25) is 0 Å². The van der Waals surface area contributed by atoms with Crippen molar-refractivity contribution in [2.75, 3.05) is 6.54 Å². The zero-order chi connectivity index (χ0) is 13.8. The van der Waals surface area contributed by atoms with Crippen LogP contribution < -0.4 is 0 Å². The minimum Gasteiger partial charge on any atom is -0.478 e. The molecule has 0 radical (unpaired) electrons. The molecule has 3 nitrogen and oxygen atoms in total. The SMILES string of the molecule is CC(C)N1CCCCC1Cc1ccc(C(=O)O)cc1. The van der Waals surface area contributed by atoms with Crippen molar-refractivity contribution in [3.8, 4) is 0 Å². The summed E-state index contributed by atoms with van der Waals surface area (Å²) in [7, 11) is 0. The van der Waals surface area contributed by atoms with E-state index in [1.165, 1.54) is 31.4 Å². The van der Waals surface area contributed by atoms with Crippen molar-refractivity contribution < 1.29 is 9.90 Å². The van der Waals surface area contributed by atoms with Crippen molar-refractivity contribution in [2.24, 2.45) is 0 Å². The summed E-state index contributed by atoms with van der Waals surface area (Å²) >= 11 is 0. The van der Waals surface area contributed by atoms with Crippen LogP contribution in [0, 0.1) is 0 Å². The lowest BCUT2D eigenvalue weighted by molar-refractivity contribution is 0.0697. The van der Waals surface area contributed by atoms with Gasteiger partial charge in [-0.05, 0) is 57.4 Å². The van der Waals surface area contributed by atoms with Crippen molar-refractivity contribution in [3.05, 3.63) is 35.4 Å². The largest absolute Gasteiger partial charge is 0.478 e. The highest BCUT2D eigenvalue weighted by atomic mass is 16.4. The molecule has 1 saturated heterocycles. The van der Waals surface area contributed by atoms with Gasteiger partial charge in [0, 0.05) is 12.1 Å². The summed E-state index contributed by atoms with van der Waals surface area (Å²) in [5, 5.41) is 8.90. The quantitative estimate of drug-likeness (QED) is 0.905. The molecule has 0 saturated carbocycles. The summed E-state index contributed by atoms with van der Waals surface area (Å²) in [5.74, 6) is -0.854. The van der Waals surface area contributed by atoms with E-state index in [2.05, 4.69) is 18.7 Å². The third-order valence-corrected chi connectivity index (χ3v) is 4.01. The van der Waals surface area contributed by atoms with Gasteiger partial charge < -0.3 is 5.11 Å². The Bertz CT molecular complexity index is 425. The average molecular weight is 261 g/mol. The van der Waals surface area contributed by atoms with E-state index >= 15 is 0 Å². The van der Waals surface area contributed by atoms with Gasteiger partial charge in [-0.3, -0.25) is 4.90 Å². The van der Waals surface area contributed by atoms with E-state index in [1.54, 1.807) is 12.1 Å². The van der Waals surface area contributed by atoms with Gasteiger partial charge in [0.15, 0.2) is 0 Å². The normalized spacial score (nSPS) is 20.7. The molecule has 1 fully saturated rings. The van der Waals surface area contributed by atoms with Gasteiger partial charge >= 0.3 is 5.97 Å². The average Bonchev–Trinajstić information content (AvgIpc) is 2.39. The topological polar surface area (TPSA) is 40.5 Å². The Hall–Kier alpha value is -1.35. The molecule has 0 spiro atoms. The number of hydrogen-bond acceptors (Lipinski definition) is 2. The molecule has 1 unspecified atom stereocenters. The summed E-state index contributed by atoms with van der Waals surface area (Å²) in [6.07, 6.45) is 4.88. The molecule has 1 aliphatic heterocycles. The van der Waals surface area contributed by atoms with Crippen LogP contribution in [-0.4, -0.2) is 34.6 Å². The van der Waals surface area contributed by atoms with E-state index in [1.807, 2.05) is 12.1 Å². The third-order valence-electron chi connectivity index (χ3n) is 4.01. The maximum absolute atomic E-state index is 10.8. The molecule has 2 rings (SSSR count). The van der Waals surface area contributed by atoms with Gasteiger partial charge in [-0.15, -0.1) is 0 Å². The number of aromatic carboxylic acids is 1.